The predicted octanol–water partition coefficient (Wildman–Crippen LogP) is 2.55. The Bertz CT molecular complexity index is 790. The molecule has 2 aromatic rings. The van der Waals surface area contributed by atoms with Gasteiger partial charge < -0.3 is 4.74 Å². The summed E-state index contributed by atoms with van der Waals surface area (Å²) in [5.74, 6) is -1.12. The second-order valence-corrected chi connectivity index (χ2v) is 6.37. The minimum absolute atomic E-state index is 0.0873. The minimum atomic E-state index is -3.51. The lowest BCUT2D eigenvalue weighted by Crippen LogP contribution is -2.14. The molecule has 0 bridgehead atoms. The first-order chi connectivity index (χ1) is 10.3. The van der Waals surface area contributed by atoms with Gasteiger partial charge in [0.2, 0.25) is 10.0 Å². The predicted molar refractivity (Wildman–Crippen MR) is 80.4 cm³/mol. The van der Waals surface area contributed by atoms with Crippen LogP contribution in [0.5, 0.6) is 0 Å². The highest BCUT2D eigenvalue weighted by molar-refractivity contribution is 7.92. The molecule has 0 aliphatic carbocycles. The standard InChI is InChI=1S/C15H14FNO4S/c1-22(19,20)17-14-8-3-2-7-13(14)15(18)21-10-11-5-4-6-12(16)9-11/h2-9,17H,10H2,1H3. The van der Waals surface area contributed by atoms with Crippen LogP contribution in [-0.4, -0.2) is 20.6 Å². The Balaban J connectivity index is 2.13. The third-order valence-corrected chi connectivity index (χ3v) is 3.29. The highest BCUT2D eigenvalue weighted by atomic mass is 32.2. The maximum Gasteiger partial charge on any atom is 0.340 e. The summed E-state index contributed by atoms with van der Waals surface area (Å²) in [5.41, 5.74) is 0.723. The number of esters is 1. The maximum absolute atomic E-state index is 13.0. The summed E-state index contributed by atoms with van der Waals surface area (Å²) in [7, 11) is -3.51. The largest absolute Gasteiger partial charge is 0.457 e. The van der Waals surface area contributed by atoms with Crippen molar-refractivity contribution in [1.82, 2.24) is 0 Å². The lowest BCUT2D eigenvalue weighted by Gasteiger charge is -2.10. The Morgan fingerprint density at radius 3 is 2.59 bits per heavy atom. The Morgan fingerprint density at radius 2 is 1.91 bits per heavy atom. The van der Waals surface area contributed by atoms with Gasteiger partial charge in [-0.05, 0) is 29.8 Å². The lowest BCUT2D eigenvalue weighted by molar-refractivity contribution is 0.0473. The van der Waals surface area contributed by atoms with Crippen LogP contribution in [-0.2, 0) is 21.4 Å². The summed E-state index contributed by atoms with van der Waals surface area (Å²) < 4.78 is 43.0. The van der Waals surface area contributed by atoms with Crippen molar-refractivity contribution in [1.29, 1.82) is 0 Å². The van der Waals surface area contributed by atoms with E-state index in [1.54, 1.807) is 18.2 Å². The summed E-state index contributed by atoms with van der Waals surface area (Å²) in [5, 5.41) is 0. The molecular weight excluding hydrogens is 309 g/mol. The fourth-order valence-corrected chi connectivity index (χ4v) is 2.38. The first-order valence-corrected chi connectivity index (χ1v) is 8.23. The number of sulfonamides is 1. The number of hydrogen-bond acceptors (Lipinski definition) is 4. The number of nitrogens with one attached hydrogen (secondary N) is 1. The number of rotatable bonds is 5. The quantitative estimate of drug-likeness (QED) is 0.858. The van der Waals surface area contributed by atoms with Gasteiger partial charge in [-0.1, -0.05) is 24.3 Å². The molecule has 116 valence electrons. The van der Waals surface area contributed by atoms with E-state index in [-0.39, 0.29) is 17.9 Å². The third-order valence-electron chi connectivity index (χ3n) is 2.70. The number of para-hydroxylation sites is 1. The zero-order valence-corrected chi connectivity index (χ0v) is 12.6. The molecule has 0 atom stereocenters. The highest BCUT2D eigenvalue weighted by Crippen LogP contribution is 2.18. The van der Waals surface area contributed by atoms with Crippen LogP contribution in [0.3, 0.4) is 0 Å². The van der Waals surface area contributed by atoms with Crippen LogP contribution in [0, 0.1) is 5.82 Å². The molecule has 0 aliphatic rings. The van der Waals surface area contributed by atoms with E-state index in [9.17, 15) is 17.6 Å². The average molecular weight is 323 g/mol. The number of carbonyl (C=O) groups is 1. The highest BCUT2D eigenvalue weighted by Gasteiger charge is 2.15. The molecule has 0 radical (unpaired) electrons. The first kappa shape index (κ1) is 16.0. The van der Waals surface area contributed by atoms with Gasteiger partial charge in [-0.25, -0.2) is 17.6 Å². The summed E-state index contributed by atoms with van der Waals surface area (Å²) in [6, 6.07) is 11.8. The molecule has 5 nitrogen and oxygen atoms in total. The number of carbonyl (C=O) groups excluding carboxylic acids is 1. The maximum atomic E-state index is 13.0. The van der Waals surface area contributed by atoms with Crippen molar-refractivity contribution in [3.63, 3.8) is 0 Å². The molecule has 0 unspecified atom stereocenters. The molecule has 1 N–H and O–H groups in total. The molecule has 0 saturated carbocycles. The SMILES string of the molecule is CS(=O)(=O)Nc1ccccc1C(=O)OCc1cccc(F)c1. The van der Waals surface area contributed by atoms with Crippen molar-refractivity contribution in [2.45, 2.75) is 6.61 Å². The van der Waals surface area contributed by atoms with Gasteiger partial charge in [0, 0.05) is 0 Å². The van der Waals surface area contributed by atoms with Crippen LogP contribution < -0.4 is 4.72 Å². The summed E-state index contributed by atoms with van der Waals surface area (Å²) in [4.78, 5) is 12.1. The zero-order valence-electron chi connectivity index (χ0n) is 11.7. The van der Waals surface area contributed by atoms with E-state index >= 15 is 0 Å². The van der Waals surface area contributed by atoms with E-state index in [2.05, 4.69) is 4.72 Å². The first-order valence-electron chi connectivity index (χ1n) is 6.33. The van der Waals surface area contributed by atoms with E-state index in [4.69, 9.17) is 4.74 Å². The van der Waals surface area contributed by atoms with Crippen molar-refractivity contribution >= 4 is 21.7 Å². The number of hydrogen-bond donors (Lipinski definition) is 1. The topological polar surface area (TPSA) is 72.5 Å². The minimum Gasteiger partial charge on any atom is -0.457 e. The zero-order chi connectivity index (χ0) is 16.2. The second-order valence-electron chi connectivity index (χ2n) is 4.63. The Morgan fingerprint density at radius 1 is 1.18 bits per heavy atom. The Hall–Kier alpha value is -2.41. The van der Waals surface area contributed by atoms with Gasteiger partial charge in [0.15, 0.2) is 0 Å². The molecule has 0 spiro atoms. The molecule has 2 rings (SSSR count). The van der Waals surface area contributed by atoms with Crippen molar-refractivity contribution in [3.8, 4) is 0 Å². The van der Waals surface area contributed by atoms with Gasteiger partial charge >= 0.3 is 5.97 Å². The molecular formula is C15H14FNO4S. The van der Waals surface area contributed by atoms with Crippen LogP contribution in [0.15, 0.2) is 48.5 Å². The van der Waals surface area contributed by atoms with Gasteiger partial charge in [-0.2, -0.15) is 0 Å². The van der Waals surface area contributed by atoms with Crippen LogP contribution in [0.25, 0.3) is 0 Å². The van der Waals surface area contributed by atoms with Crippen LogP contribution >= 0.6 is 0 Å². The number of anilines is 1. The number of halogens is 1. The Kier molecular flexibility index (Phi) is 4.77. The normalized spacial score (nSPS) is 11.0. The number of ether oxygens (including phenoxy) is 1. The lowest BCUT2D eigenvalue weighted by atomic mass is 10.2. The smallest absolute Gasteiger partial charge is 0.340 e. The molecule has 0 aromatic heterocycles. The van der Waals surface area contributed by atoms with Crippen LogP contribution in [0.2, 0.25) is 0 Å². The fourth-order valence-electron chi connectivity index (χ4n) is 1.80. The van der Waals surface area contributed by atoms with Crippen molar-refractivity contribution in [3.05, 3.63) is 65.5 Å². The van der Waals surface area contributed by atoms with E-state index in [1.165, 1.54) is 30.3 Å². The molecule has 0 heterocycles. The summed E-state index contributed by atoms with van der Waals surface area (Å²) in [6.07, 6.45) is 0.988. The summed E-state index contributed by atoms with van der Waals surface area (Å²) in [6.45, 7) is -0.107. The van der Waals surface area contributed by atoms with Gasteiger partial charge in [0.25, 0.3) is 0 Å². The average Bonchev–Trinajstić information content (AvgIpc) is 2.44. The van der Waals surface area contributed by atoms with Crippen LogP contribution in [0.1, 0.15) is 15.9 Å². The monoisotopic (exact) mass is 323 g/mol. The second kappa shape index (κ2) is 6.57. The number of benzene rings is 2. The van der Waals surface area contributed by atoms with Gasteiger partial charge in [0.05, 0.1) is 17.5 Å². The third kappa shape index (κ3) is 4.56. The molecule has 0 amide bonds. The molecule has 0 saturated heterocycles. The van der Waals surface area contributed by atoms with Crippen molar-refractivity contribution in [2.24, 2.45) is 0 Å². The van der Waals surface area contributed by atoms with Crippen molar-refractivity contribution in [2.75, 3.05) is 11.0 Å². The van der Waals surface area contributed by atoms with Gasteiger partial charge in [-0.15, -0.1) is 0 Å². The van der Waals surface area contributed by atoms with Gasteiger partial charge in [-0.3, -0.25) is 4.72 Å². The van der Waals surface area contributed by atoms with Gasteiger partial charge in [0.1, 0.15) is 12.4 Å². The van der Waals surface area contributed by atoms with E-state index in [0.29, 0.717) is 5.56 Å². The fraction of sp³-hybridized carbons (Fsp3) is 0.133. The summed E-state index contributed by atoms with van der Waals surface area (Å²) >= 11 is 0. The molecule has 2 aromatic carbocycles. The molecule has 22 heavy (non-hydrogen) atoms. The van der Waals surface area contributed by atoms with E-state index in [1.807, 2.05) is 0 Å². The molecule has 7 heteroatoms. The molecule has 0 fully saturated rings. The molecule has 0 aliphatic heterocycles. The van der Waals surface area contributed by atoms with E-state index in [0.717, 1.165) is 6.26 Å². The Labute approximate surface area is 127 Å². The van der Waals surface area contributed by atoms with Crippen molar-refractivity contribution < 1.29 is 22.3 Å². The van der Waals surface area contributed by atoms with Crippen LogP contribution in [0.4, 0.5) is 10.1 Å². The van der Waals surface area contributed by atoms with E-state index < -0.39 is 21.8 Å².